The fourth-order valence-corrected chi connectivity index (χ4v) is 1.19. The van der Waals surface area contributed by atoms with E-state index in [4.69, 9.17) is 10.2 Å². The molecular formula is C19H26O5. The van der Waals surface area contributed by atoms with E-state index in [1.165, 1.54) is 5.56 Å². The van der Waals surface area contributed by atoms with Crippen LogP contribution in [0, 0.1) is 0 Å². The second kappa shape index (κ2) is 16.7. The Labute approximate surface area is 143 Å². The monoisotopic (exact) mass is 334 g/mol. The Balaban J connectivity index is 0. The van der Waals surface area contributed by atoms with Crippen LogP contribution in [-0.2, 0) is 14.3 Å². The molecule has 0 unspecified atom stereocenters. The van der Waals surface area contributed by atoms with E-state index in [-0.39, 0.29) is 18.1 Å². The van der Waals surface area contributed by atoms with Crippen molar-refractivity contribution in [2.24, 2.45) is 0 Å². The molecule has 1 aromatic carbocycles. The van der Waals surface area contributed by atoms with Crippen LogP contribution in [0.5, 0.6) is 0 Å². The first-order valence-corrected chi connectivity index (χ1v) is 7.41. The molecule has 0 fully saturated rings. The molecule has 0 aliphatic carbocycles. The third kappa shape index (κ3) is 15.7. The van der Waals surface area contributed by atoms with Crippen molar-refractivity contribution in [3.8, 4) is 0 Å². The summed E-state index contributed by atoms with van der Waals surface area (Å²) >= 11 is 0. The first-order chi connectivity index (χ1) is 11.4. The zero-order valence-corrected chi connectivity index (χ0v) is 14.1. The quantitative estimate of drug-likeness (QED) is 0.589. The van der Waals surface area contributed by atoms with E-state index in [0.717, 1.165) is 6.08 Å². The molecule has 0 atom stereocenters. The van der Waals surface area contributed by atoms with Gasteiger partial charge in [0, 0.05) is 18.3 Å². The van der Waals surface area contributed by atoms with Crippen LogP contribution in [0.15, 0.2) is 61.7 Å². The number of carboxylic acid groups (broad SMARTS) is 1. The number of esters is 1. The van der Waals surface area contributed by atoms with Gasteiger partial charge in [0.25, 0.3) is 0 Å². The molecule has 0 bridgehead atoms. The van der Waals surface area contributed by atoms with E-state index >= 15 is 0 Å². The zero-order valence-electron chi connectivity index (χ0n) is 14.1. The highest BCUT2D eigenvalue weighted by molar-refractivity contribution is 5.85. The number of aliphatic carboxylic acids is 1. The van der Waals surface area contributed by atoms with Crippen molar-refractivity contribution in [1.29, 1.82) is 0 Å². The number of aliphatic hydroxyl groups excluding tert-OH is 1. The Hall–Kier alpha value is -2.66. The first-order valence-electron chi connectivity index (χ1n) is 7.41. The van der Waals surface area contributed by atoms with Crippen molar-refractivity contribution in [3.05, 3.63) is 67.3 Å². The van der Waals surface area contributed by atoms with E-state index in [1.807, 2.05) is 36.4 Å². The Morgan fingerprint density at radius 1 is 1.21 bits per heavy atom. The fraction of sp³-hybridized carbons (Fsp3) is 0.263. The van der Waals surface area contributed by atoms with Gasteiger partial charge < -0.3 is 14.9 Å². The van der Waals surface area contributed by atoms with Crippen LogP contribution in [0.2, 0.25) is 0 Å². The molecular weight excluding hydrogens is 308 g/mol. The lowest BCUT2D eigenvalue weighted by molar-refractivity contribution is -0.137. The average molecular weight is 334 g/mol. The van der Waals surface area contributed by atoms with Gasteiger partial charge in [-0.05, 0) is 25.3 Å². The Bertz CT molecular complexity index is 506. The van der Waals surface area contributed by atoms with Gasteiger partial charge in [-0.3, -0.25) is 0 Å². The second-order valence-electron chi connectivity index (χ2n) is 4.31. The maximum absolute atomic E-state index is 10.1. The van der Waals surface area contributed by atoms with Gasteiger partial charge in [-0.15, -0.1) is 0 Å². The number of carboxylic acids is 1. The Morgan fingerprint density at radius 2 is 1.79 bits per heavy atom. The van der Waals surface area contributed by atoms with Crippen molar-refractivity contribution in [3.63, 3.8) is 0 Å². The third-order valence-electron chi connectivity index (χ3n) is 2.43. The number of aliphatic hydroxyl groups is 1. The van der Waals surface area contributed by atoms with Crippen molar-refractivity contribution in [2.75, 3.05) is 13.2 Å². The molecule has 0 saturated carbocycles. The largest absolute Gasteiger partial charge is 0.478 e. The molecule has 0 aliphatic rings. The van der Waals surface area contributed by atoms with Crippen LogP contribution >= 0.6 is 0 Å². The summed E-state index contributed by atoms with van der Waals surface area (Å²) in [5.74, 6) is -1.34. The van der Waals surface area contributed by atoms with Crippen LogP contribution in [-0.4, -0.2) is 35.4 Å². The van der Waals surface area contributed by atoms with Gasteiger partial charge in [0.1, 0.15) is 0 Å². The number of benzene rings is 1. The number of ether oxygens (including phenoxy) is 1. The molecule has 0 heterocycles. The van der Waals surface area contributed by atoms with Crippen LogP contribution in [0.25, 0.3) is 6.08 Å². The van der Waals surface area contributed by atoms with Crippen LogP contribution in [0.3, 0.4) is 0 Å². The Kier molecular flexibility index (Phi) is 16.4. The lowest BCUT2D eigenvalue weighted by Gasteiger charge is -1.94. The molecule has 5 heteroatoms. The van der Waals surface area contributed by atoms with E-state index < -0.39 is 5.97 Å². The molecule has 1 aromatic rings. The summed E-state index contributed by atoms with van der Waals surface area (Å²) < 4.78 is 4.43. The lowest BCUT2D eigenvalue weighted by Crippen LogP contribution is -1.99. The summed E-state index contributed by atoms with van der Waals surface area (Å²) in [5, 5.41) is 16.5. The molecule has 0 aliphatic heterocycles. The van der Waals surface area contributed by atoms with Crippen molar-refractivity contribution < 1.29 is 24.5 Å². The number of rotatable bonds is 7. The normalized spacial score (nSPS) is 8.42. The second-order valence-corrected chi connectivity index (χ2v) is 4.31. The third-order valence-corrected chi connectivity index (χ3v) is 2.43. The smallest absolute Gasteiger partial charge is 0.330 e. The molecule has 0 aromatic heterocycles. The molecule has 132 valence electrons. The molecule has 2 N–H and O–H groups in total. The molecule has 1 rings (SSSR count). The Morgan fingerprint density at radius 3 is 2.08 bits per heavy atom. The van der Waals surface area contributed by atoms with Crippen LogP contribution in [0.4, 0.5) is 0 Å². The van der Waals surface area contributed by atoms with Crippen molar-refractivity contribution in [2.45, 2.75) is 19.8 Å². The van der Waals surface area contributed by atoms with Gasteiger partial charge in [-0.25, -0.2) is 9.59 Å². The summed E-state index contributed by atoms with van der Waals surface area (Å²) in [6.45, 7) is 12.3. The van der Waals surface area contributed by atoms with E-state index in [1.54, 1.807) is 6.92 Å². The van der Waals surface area contributed by atoms with E-state index in [0.29, 0.717) is 19.4 Å². The highest BCUT2D eigenvalue weighted by Gasteiger charge is 2.00. The topological polar surface area (TPSA) is 83.8 Å². The standard InChI is InChI=1S/C8H8.C6H10O3.C5H8O2/c1-2-8-6-4-3-5-7-8;1-5(6(8)9)3-2-4-7;1-3-5(6)7-4-2/h2-7H,1H2;7H,1-4H2,(H,8,9);3H,1,4H2,2H3. The minimum Gasteiger partial charge on any atom is -0.478 e. The molecule has 5 nitrogen and oxygen atoms in total. The van der Waals surface area contributed by atoms with Gasteiger partial charge in [0.05, 0.1) is 6.61 Å². The molecule has 0 amide bonds. The SMILES string of the molecule is C=C(CCCO)C(=O)O.C=CC(=O)OCC.C=Cc1ccccc1. The number of carbonyl (C=O) groups excluding carboxylic acids is 1. The predicted molar refractivity (Wildman–Crippen MR) is 96.5 cm³/mol. The minimum absolute atomic E-state index is 0.0201. The van der Waals surface area contributed by atoms with Gasteiger partial charge in [-0.1, -0.05) is 56.1 Å². The number of carbonyl (C=O) groups is 2. The van der Waals surface area contributed by atoms with E-state index in [9.17, 15) is 9.59 Å². The van der Waals surface area contributed by atoms with Crippen LogP contribution < -0.4 is 0 Å². The summed E-state index contributed by atoms with van der Waals surface area (Å²) in [6.07, 6.45) is 3.82. The summed E-state index contributed by atoms with van der Waals surface area (Å²) in [7, 11) is 0. The molecule has 24 heavy (non-hydrogen) atoms. The van der Waals surface area contributed by atoms with E-state index in [2.05, 4.69) is 24.5 Å². The minimum atomic E-state index is -0.983. The zero-order chi connectivity index (χ0) is 18.8. The van der Waals surface area contributed by atoms with Crippen LogP contribution in [0.1, 0.15) is 25.3 Å². The van der Waals surface area contributed by atoms with Gasteiger partial charge >= 0.3 is 11.9 Å². The summed E-state index contributed by atoms with van der Waals surface area (Å²) in [6, 6.07) is 10.0. The number of hydrogen-bond acceptors (Lipinski definition) is 4. The lowest BCUT2D eigenvalue weighted by atomic mass is 10.2. The maximum Gasteiger partial charge on any atom is 0.330 e. The first kappa shape index (κ1) is 23.6. The highest BCUT2D eigenvalue weighted by atomic mass is 16.5. The van der Waals surface area contributed by atoms with Gasteiger partial charge in [-0.2, -0.15) is 0 Å². The average Bonchev–Trinajstić information content (AvgIpc) is 2.61. The van der Waals surface area contributed by atoms with Crippen molar-refractivity contribution >= 4 is 18.0 Å². The van der Waals surface area contributed by atoms with Gasteiger partial charge in [0.15, 0.2) is 0 Å². The summed E-state index contributed by atoms with van der Waals surface area (Å²) in [4.78, 5) is 20.1. The maximum atomic E-state index is 10.1. The molecule has 0 radical (unpaired) electrons. The highest BCUT2D eigenvalue weighted by Crippen LogP contribution is 2.00. The number of hydrogen-bond donors (Lipinski definition) is 2. The predicted octanol–water partition coefficient (Wildman–Crippen LogP) is 3.46. The fourth-order valence-electron chi connectivity index (χ4n) is 1.19. The summed E-state index contributed by atoms with van der Waals surface area (Å²) in [5.41, 5.74) is 1.33. The van der Waals surface area contributed by atoms with Gasteiger partial charge in [0.2, 0.25) is 0 Å². The molecule has 0 spiro atoms. The molecule has 0 saturated heterocycles. The van der Waals surface area contributed by atoms with Crippen molar-refractivity contribution in [1.82, 2.24) is 0 Å².